The molecule has 1 aromatic heterocycles. The SMILES string of the molecule is Cc1ccc(-c2ccccc2)c(-c2sc(-c3ccccc3-c3ccccc3)c3ccccc23)c1. The summed E-state index contributed by atoms with van der Waals surface area (Å²) < 4.78 is 0. The molecule has 0 unspecified atom stereocenters. The van der Waals surface area contributed by atoms with Gasteiger partial charge in [-0.3, -0.25) is 0 Å². The molecule has 162 valence electrons. The van der Waals surface area contributed by atoms with E-state index in [1.165, 1.54) is 59.5 Å². The molecular weight excluding hydrogens is 428 g/mol. The van der Waals surface area contributed by atoms with Gasteiger partial charge in [-0.2, -0.15) is 0 Å². The normalized spacial score (nSPS) is 11.1. The van der Waals surface area contributed by atoms with Gasteiger partial charge >= 0.3 is 0 Å². The van der Waals surface area contributed by atoms with Gasteiger partial charge in [0, 0.05) is 31.7 Å². The molecule has 0 atom stereocenters. The van der Waals surface area contributed by atoms with Crippen molar-refractivity contribution in [2.75, 3.05) is 0 Å². The second-order valence-corrected chi connectivity index (χ2v) is 9.65. The number of aryl methyl sites for hydroxylation is 1. The van der Waals surface area contributed by atoms with Gasteiger partial charge in [0.25, 0.3) is 0 Å². The second kappa shape index (κ2) is 8.78. The standard InChI is InChI=1S/C33H24S/c1-23-20-21-27(25-14-6-3-7-15-25)31(22-23)33-30-19-11-10-18-29(30)32(34-33)28-17-9-8-16-26(28)24-12-4-2-5-13-24/h2-22H,1H3. The van der Waals surface area contributed by atoms with E-state index in [-0.39, 0.29) is 0 Å². The highest BCUT2D eigenvalue weighted by atomic mass is 32.1. The number of fused-ring (bicyclic) bond motifs is 1. The van der Waals surface area contributed by atoms with E-state index in [1.807, 2.05) is 11.3 Å². The van der Waals surface area contributed by atoms with Gasteiger partial charge in [-0.05, 0) is 35.2 Å². The maximum absolute atomic E-state index is 2.34. The Morgan fingerprint density at radius 1 is 0.412 bits per heavy atom. The first kappa shape index (κ1) is 20.7. The van der Waals surface area contributed by atoms with Crippen LogP contribution in [-0.4, -0.2) is 0 Å². The quantitative estimate of drug-likeness (QED) is 0.250. The zero-order chi connectivity index (χ0) is 22.9. The van der Waals surface area contributed by atoms with Gasteiger partial charge in [0.05, 0.1) is 0 Å². The average Bonchev–Trinajstić information content (AvgIpc) is 3.29. The van der Waals surface area contributed by atoms with Crippen molar-refractivity contribution in [1.82, 2.24) is 0 Å². The van der Waals surface area contributed by atoms with Gasteiger partial charge in [0.1, 0.15) is 0 Å². The van der Waals surface area contributed by atoms with Crippen LogP contribution < -0.4 is 0 Å². The molecule has 0 aliphatic carbocycles. The van der Waals surface area contributed by atoms with Crippen molar-refractivity contribution < 1.29 is 0 Å². The van der Waals surface area contributed by atoms with Crippen LogP contribution in [-0.2, 0) is 0 Å². The third-order valence-corrected chi connectivity index (χ3v) is 7.67. The maximum Gasteiger partial charge on any atom is 0.0434 e. The van der Waals surface area contributed by atoms with E-state index in [0.717, 1.165) is 0 Å². The van der Waals surface area contributed by atoms with E-state index < -0.39 is 0 Å². The van der Waals surface area contributed by atoms with Crippen molar-refractivity contribution in [3.05, 3.63) is 133 Å². The first-order valence-electron chi connectivity index (χ1n) is 11.6. The lowest BCUT2D eigenvalue weighted by Gasteiger charge is -2.11. The molecule has 1 heterocycles. The largest absolute Gasteiger partial charge is 0.134 e. The van der Waals surface area contributed by atoms with E-state index in [2.05, 4.69) is 134 Å². The molecule has 0 fully saturated rings. The number of benzene rings is 5. The number of thiophene rings is 1. The van der Waals surface area contributed by atoms with Crippen molar-refractivity contribution in [3.8, 4) is 43.1 Å². The van der Waals surface area contributed by atoms with Crippen molar-refractivity contribution in [3.63, 3.8) is 0 Å². The fraction of sp³-hybridized carbons (Fsp3) is 0.0303. The maximum atomic E-state index is 2.34. The van der Waals surface area contributed by atoms with Crippen molar-refractivity contribution in [2.45, 2.75) is 6.92 Å². The molecule has 6 aromatic rings. The van der Waals surface area contributed by atoms with Gasteiger partial charge in [0.15, 0.2) is 0 Å². The monoisotopic (exact) mass is 452 g/mol. The molecule has 0 amide bonds. The van der Waals surface area contributed by atoms with E-state index in [0.29, 0.717) is 0 Å². The predicted molar refractivity (Wildman–Crippen MR) is 148 cm³/mol. The lowest BCUT2D eigenvalue weighted by Crippen LogP contribution is -1.85. The van der Waals surface area contributed by atoms with Gasteiger partial charge in [0.2, 0.25) is 0 Å². The zero-order valence-electron chi connectivity index (χ0n) is 19.0. The topological polar surface area (TPSA) is 0 Å². The van der Waals surface area contributed by atoms with E-state index >= 15 is 0 Å². The number of hydrogen-bond acceptors (Lipinski definition) is 1. The Labute approximate surface area is 204 Å². The Morgan fingerprint density at radius 2 is 0.882 bits per heavy atom. The summed E-state index contributed by atoms with van der Waals surface area (Å²) in [6, 6.07) is 45.9. The van der Waals surface area contributed by atoms with E-state index in [4.69, 9.17) is 0 Å². The first-order chi connectivity index (χ1) is 16.8. The number of rotatable bonds is 4. The molecule has 6 rings (SSSR count). The van der Waals surface area contributed by atoms with Crippen molar-refractivity contribution in [1.29, 1.82) is 0 Å². The Morgan fingerprint density at radius 3 is 1.50 bits per heavy atom. The summed E-state index contributed by atoms with van der Waals surface area (Å²) >= 11 is 1.91. The summed E-state index contributed by atoms with van der Waals surface area (Å²) in [5, 5.41) is 2.62. The molecule has 1 heteroatoms. The highest BCUT2D eigenvalue weighted by Gasteiger charge is 2.19. The summed E-state index contributed by atoms with van der Waals surface area (Å²) in [5.74, 6) is 0. The number of hydrogen-bond donors (Lipinski definition) is 0. The molecule has 0 bridgehead atoms. The van der Waals surface area contributed by atoms with Crippen LogP contribution in [0.5, 0.6) is 0 Å². The Bertz CT molecular complexity index is 1590. The Balaban J connectivity index is 1.63. The molecule has 0 nitrogen and oxygen atoms in total. The van der Waals surface area contributed by atoms with Crippen LogP contribution in [0.3, 0.4) is 0 Å². The third kappa shape index (κ3) is 3.65. The minimum absolute atomic E-state index is 1.25. The minimum atomic E-state index is 1.25. The smallest absolute Gasteiger partial charge is 0.0434 e. The van der Waals surface area contributed by atoms with Gasteiger partial charge in [-0.1, -0.05) is 127 Å². The molecule has 0 radical (unpaired) electrons. The highest BCUT2D eigenvalue weighted by Crippen LogP contribution is 2.48. The molecule has 0 spiro atoms. The predicted octanol–water partition coefficient (Wildman–Crippen LogP) is 9.88. The summed E-state index contributed by atoms with van der Waals surface area (Å²) in [6.45, 7) is 2.18. The van der Waals surface area contributed by atoms with Gasteiger partial charge < -0.3 is 0 Å². The fourth-order valence-electron chi connectivity index (χ4n) is 4.76. The van der Waals surface area contributed by atoms with E-state index in [1.54, 1.807) is 0 Å². The van der Waals surface area contributed by atoms with Gasteiger partial charge in [-0.15, -0.1) is 11.3 Å². The van der Waals surface area contributed by atoms with Crippen LogP contribution >= 0.6 is 11.3 Å². The highest BCUT2D eigenvalue weighted by molar-refractivity contribution is 7.21. The molecular formula is C33H24S. The van der Waals surface area contributed by atoms with Crippen LogP contribution in [0.25, 0.3) is 53.9 Å². The van der Waals surface area contributed by atoms with E-state index in [9.17, 15) is 0 Å². The lowest BCUT2D eigenvalue weighted by atomic mass is 9.94. The molecule has 34 heavy (non-hydrogen) atoms. The molecule has 0 saturated carbocycles. The first-order valence-corrected chi connectivity index (χ1v) is 12.4. The third-order valence-electron chi connectivity index (χ3n) is 6.38. The summed E-state index contributed by atoms with van der Waals surface area (Å²) in [5.41, 5.74) is 8.92. The molecule has 5 aromatic carbocycles. The fourth-order valence-corrected chi connectivity index (χ4v) is 6.10. The van der Waals surface area contributed by atoms with Crippen LogP contribution in [0, 0.1) is 6.92 Å². The molecule has 0 saturated heterocycles. The minimum Gasteiger partial charge on any atom is -0.134 e. The van der Waals surface area contributed by atoms with Gasteiger partial charge in [-0.25, -0.2) is 0 Å². The zero-order valence-corrected chi connectivity index (χ0v) is 19.8. The Kier molecular flexibility index (Phi) is 5.33. The van der Waals surface area contributed by atoms with Crippen molar-refractivity contribution in [2.24, 2.45) is 0 Å². The Hall–Kier alpha value is -3.94. The molecule has 0 N–H and O–H groups in total. The summed E-state index contributed by atoms with van der Waals surface area (Å²) in [6.07, 6.45) is 0. The van der Waals surface area contributed by atoms with Crippen LogP contribution in [0.1, 0.15) is 5.56 Å². The summed E-state index contributed by atoms with van der Waals surface area (Å²) in [4.78, 5) is 2.65. The molecule has 0 aliphatic heterocycles. The van der Waals surface area contributed by atoms with Crippen LogP contribution in [0.2, 0.25) is 0 Å². The lowest BCUT2D eigenvalue weighted by molar-refractivity contribution is 1.47. The average molecular weight is 453 g/mol. The second-order valence-electron chi connectivity index (χ2n) is 8.63. The van der Waals surface area contributed by atoms with Crippen LogP contribution in [0.15, 0.2) is 127 Å². The van der Waals surface area contributed by atoms with Crippen LogP contribution in [0.4, 0.5) is 0 Å². The molecule has 0 aliphatic rings. The summed E-state index contributed by atoms with van der Waals surface area (Å²) in [7, 11) is 0. The van der Waals surface area contributed by atoms with Crippen molar-refractivity contribution >= 4 is 22.1 Å².